The van der Waals surface area contributed by atoms with E-state index in [1.165, 1.54) is 55.2 Å². The number of para-hydroxylation sites is 3. The Morgan fingerprint density at radius 3 is 1.43 bits per heavy atom. The van der Waals surface area contributed by atoms with Gasteiger partial charge in [-0.25, -0.2) is 0 Å². The fourth-order valence-electron chi connectivity index (χ4n) is 13.9. The largest absolute Gasteiger partial charge is 0.516 e. The van der Waals surface area contributed by atoms with Gasteiger partial charge in [0.2, 0.25) is 0 Å². The van der Waals surface area contributed by atoms with Gasteiger partial charge in [-0.3, -0.25) is 4.99 Å². The summed E-state index contributed by atoms with van der Waals surface area (Å²) in [6.07, 6.45) is 4.99. The van der Waals surface area contributed by atoms with Gasteiger partial charge in [0.05, 0.1) is 44.0 Å². The van der Waals surface area contributed by atoms with E-state index < -0.39 is 0 Å². The molecule has 0 atom stereocenters. The van der Waals surface area contributed by atoms with Gasteiger partial charge in [0.25, 0.3) is 0 Å². The Morgan fingerprint density at radius 2 is 0.851 bits per heavy atom. The summed E-state index contributed by atoms with van der Waals surface area (Å²) in [6, 6.07) is 115. The molecular weight excluding hydrogens is 2490 g/mol. The van der Waals surface area contributed by atoms with Crippen molar-refractivity contribution in [3.8, 4) is 11.5 Å². The molecule has 0 amide bonds. The molecule has 10 nitrogen and oxygen atoms in total. The molecule has 0 saturated carbocycles. The molecule has 0 aliphatic carbocycles. The monoisotopic (exact) mass is 2580 g/mol. The number of benzene rings is 12. The summed E-state index contributed by atoms with van der Waals surface area (Å²) < 4.78 is 11.0. The summed E-state index contributed by atoms with van der Waals surface area (Å²) in [5.74, 6) is 4.29. The van der Waals surface area contributed by atoms with Crippen molar-refractivity contribution in [2.45, 2.75) is 88.9 Å². The third kappa shape index (κ3) is 22.7. The van der Waals surface area contributed by atoms with Crippen LogP contribution in [0.15, 0.2) is 326 Å². The van der Waals surface area contributed by atoms with Gasteiger partial charge in [0.15, 0.2) is 0 Å². The van der Waals surface area contributed by atoms with E-state index in [9.17, 15) is 0 Å². The molecule has 114 heavy (non-hydrogen) atoms. The molecule has 592 valence electrons. The number of nitrogens with zero attached hydrogens (tertiary/aromatic N) is 8. The molecule has 0 aromatic heterocycles. The Hall–Kier alpha value is -8.15. The third-order valence-corrected chi connectivity index (χ3v) is 20.6. The van der Waals surface area contributed by atoms with Crippen molar-refractivity contribution in [1.82, 2.24) is 0 Å². The van der Waals surface area contributed by atoms with E-state index in [4.69, 9.17) is 19.5 Å². The molecule has 0 unspecified atom stereocenters. The van der Waals surface area contributed by atoms with Crippen LogP contribution in [0.3, 0.4) is 0 Å². The minimum absolute atomic E-state index is 0. The van der Waals surface area contributed by atoms with E-state index in [0.29, 0.717) is 19.0 Å². The van der Waals surface area contributed by atoms with E-state index in [1.807, 2.05) is 165 Å². The predicted octanol–water partition coefficient (Wildman–Crippen LogP) is 20.9. The number of hydrogen-bond acceptors (Lipinski definition) is 11. The third-order valence-electron chi connectivity index (χ3n) is 19.5. The number of rotatable bonds is 7. The van der Waals surface area contributed by atoms with Crippen molar-refractivity contribution in [3.63, 3.8) is 0 Å². The van der Waals surface area contributed by atoms with E-state index in [2.05, 4.69) is 254 Å². The van der Waals surface area contributed by atoms with Gasteiger partial charge >= 0.3 is 0 Å². The maximum Gasteiger partial charge on any atom is 0.136 e. The smallest absolute Gasteiger partial charge is 0.136 e. The number of thioether (sulfide) groups is 1. The summed E-state index contributed by atoms with van der Waals surface area (Å²) in [5, 5.41) is 1.05. The first-order chi connectivity index (χ1) is 52.6. The number of fused-ring (bicyclic) bond motifs is 6. The first-order valence-corrected chi connectivity index (χ1v) is 37.2. The summed E-state index contributed by atoms with van der Waals surface area (Å²) in [5.41, 5.74) is 20.7. The van der Waals surface area contributed by atoms with E-state index in [-0.39, 0.29) is 137 Å². The van der Waals surface area contributed by atoms with Crippen molar-refractivity contribution in [2.75, 3.05) is 37.5 Å². The molecule has 6 aliphatic rings. The second-order valence-electron chi connectivity index (χ2n) is 27.9. The molecule has 0 bridgehead atoms. The molecule has 17 heteroatoms. The normalized spacial score (nSPS) is 14.6. The van der Waals surface area contributed by atoms with Crippen LogP contribution in [0.1, 0.15) is 119 Å². The van der Waals surface area contributed by atoms with Crippen LogP contribution in [-0.4, -0.2) is 61.8 Å². The number of hydrogen-bond donors (Lipinski definition) is 0. The molecule has 6 radical (unpaired) electrons. The average Bonchev–Trinajstić information content (AvgIpc) is 1.31. The first-order valence-electron chi connectivity index (χ1n) is 36.4. The van der Waals surface area contributed by atoms with Crippen LogP contribution >= 0.6 is 11.8 Å². The van der Waals surface area contributed by atoms with Crippen LogP contribution in [0, 0.1) is 36.4 Å². The second kappa shape index (κ2) is 44.3. The summed E-state index contributed by atoms with van der Waals surface area (Å²) in [7, 11) is 5.75. The topological polar surface area (TPSA) is 99.1 Å². The molecular formula is C97H86Ir6N8O2S-6. The van der Waals surface area contributed by atoms with Crippen LogP contribution in [0.2, 0.25) is 0 Å². The van der Waals surface area contributed by atoms with E-state index in [0.717, 1.165) is 98.1 Å². The summed E-state index contributed by atoms with van der Waals surface area (Å²) in [6.45, 7) is 16.3. The Balaban J connectivity index is 0.000000188. The first kappa shape index (κ1) is 93.0. The molecule has 12 aromatic rings. The molecule has 6 heterocycles. The van der Waals surface area contributed by atoms with Crippen LogP contribution in [0.4, 0.5) is 11.4 Å². The number of amidine groups is 2. The Kier molecular flexibility index (Phi) is 36.1. The zero-order valence-electron chi connectivity index (χ0n) is 64.6. The predicted molar refractivity (Wildman–Crippen MR) is 447 cm³/mol. The Morgan fingerprint density at radius 1 is 0.404 bits per heavy atom. The fourth-order valence-corrected chi connectivity index (χ4v) is 15.2. The maximum absolute atomic E-state index is 5.74. The number of methoxy groups -OCH3 is 1. The van der Waals surface area contributed by atoms with Crippen molar-refractivity contribution >= 4 is 63.2 Å². The standard InChI is InChI=1S/C18H18N.C18H16N.C16H15N2O.C16H14NS.C15H13N2.C14H10NO.6Ir/c2*1-18(2)16-11-7-6-8-14(16)12-13-19-17(18)15-9-4-3-5-10-15;1-18-15-9-4-3-6-13(15)11-17-16(18)12-7-5-8-14(10-12)19-2;1-16(2)13-10-6-7-11-14(13)18-15(17-16)12-8-4-3-5-9-12;1-17-14-10-6-5-9-13(14)11-16-15(17)12-7-3-2-4-8-12;1-2-6-11(7-3-1)14-15-10-12-8-4-5-9-13(12)16-14;;;;;;/h3-9,11H,12-13H2,1-2H3;3-9,11-13H,1-2H3;3-6,8-10H,11H2,1-2H3;3-8,10-11H,1-2H3;2-7,9-10H,11H2,1H3;1-6,8-9H,10H2;;;;;;/q6*-1;;;;;;. The fraction of sp³-hybridized carbons (Fsp3) is 0.175. The number of ether oxygens (including phenoxy) is 2. The molecule has 6 aliphatic heterocycles. The molecule has 0 spiro atoms. The van der Waals surface area contributed by atoms with E-state index in [1.54, 1.807) is 18.9 Å². The van der Waals surface area contributed by atoms with Crippen molar-refractivity contribution < 1.29 is 130 Å². The van der Waals surface area contributed by atoms with Gasteiger partial charge in [0, 0.05) is 180 Å². The van der Waals surface area contributed by atoms with Crippen LogP contribution in [0.5, 0.6) is 11.5 Å². The number of aliphatic imine (C=N–C) groups is 6. The molecule has 0 N–H and O–H groups in total. The van der Waals surface area contributed by atoms with Gasteiger partial charge in [-0.05, 0) is 112 Å². The van der Waals surface area contributed by atoms with Gasteiger partial charge in [-0.1, -0.05) is 161 Å². The zero-order valence-corrected chi connectivity index (χ0v) is 79.8. The minimum Gasteiger partial charge on any atom is -0.516 e. The molecule has 0 saturated heterocycles. The zero-order chi connectivity index (χ0) is 74.9. The van der Waals surface area contributed by atoms with E-state index >= 15 is 0 Å². The Bertz CT molecular complexity index is 5330. The average molecular weight is 2580 g/mol. The van der Waals surface area contributed by atoms with Gasteiger partial charge in [-0.2, -0.15) is 0 Å². The van der Waals surface area contributed by atoms with Gasteiger partial charge in [0.1, 0.15) is 11.6 Å². The SMILES string of the molecule is CC1(C)C(c2[c-]cccc2)=NC=Cc2ccccc21.CC1(C)C(c2[c-]cccc2)=NCCc2ccccc21.CC1(C)N=C(c2[c-]cccc2)Sc2ccccc21.CN1C(c2[c-]cccc2)=NCc2ccccc21.COc1cc[c-]c(C2=NCc3ccccc3N2C)c1.[Ir].[Ir].[Ir].[Ir].[Ir].[Ir].[c-]1ccccc1C1=NCc2ccccc2O1. The van der Waals surface area contributed by atoms with Crippen molar-refractivity contribution in [1.29, 1.82) is 0 Å². The second-order valence-corrected chi connectivity index (χ2v) is 28.9. The molecule has 18 rings (SSSR count). The van der Waals surface area contributed by atoms with Crippen LogP contribution in [0.25, 0.3) is 6.08 Å². The van der Waals surface area contributed by atoms with Crippen LogP contribution < -0.4 is 19.3 Å². The van der Waals surface area contributed by atoms with Gasteiger partial charge < -0.3 is 44.2 Å². The summed E-state index contributed by atoms with van der Waals surface area (Å²) in [4.78, 5) is 33.6. The number of anilines is 2. The molecule has 12 aromatic carbocycles. The maximum atomic E-state index is 5.74. The Labute approximate surface area is 759 Å². The van der Waals surface area contributed by atoms with Crippen molar-refractivity contribution in [3.05, 3.63) is 406 Å². The minimum atomic E-state index is -0.166. The quantitative estimate of drug-likeness (QED) is 0.148. The van der Waals surface area contributed by atoms with Gasteiger partial charge in [-0.15, -0.1) is 209 Å². The van der Waals surface area contributed by atoms with Crippen LogP contribution in [-0.2, 0) is 163 Å². The van der Waals surface area contributed by atoms with Crippen molar-refractivity contribution in [2.24, 2.45) is 30.0 Å². The summed E-state index contributed by atoms with van der Waals surface area (Å²) >= 11 is 1.73. The molecule has 0 fully saturated rings.